The number of hydrogen-bond donors (Lipinski definition) is 3. The van der Waals surface area contributed by atoms with Crippen LogP contribution in [0.5, 0.6) is 5.75 Å². The molecule has 1 aromatic carbocycles. The molecule has 4 heteroatoms. The summed E-state index contributed by atoms with van der Waals surface area (Å²) in [5.41, 5.74) is 5.69. The molecule has 1 aromatic rings. The molecule has 0 aliphatic carbocycles. The zero-order chi connectivity index (χ0) is 9.14. The van der Waals surface area contributed by atoms with E-state index in [4.69, 9.17) is 22.4 Å². The van der Waals surface area contributed by atoms with Crippen LogP contribution in [0.3, 0.4) is 0 Å². The second kappa shape index (κ2) is 3.76. The molecule has 1 rings (SSSR count). The number of aliphatic hydroxyl groups is 1. The molecule has 66 valence electrons. The third kappa shape index (κ3) is 1.69. The van der Waals surface area contributed by atoms with Crippen molar-refractivity contribution in [1.82, 2.24) is 0 Å². The van der Waals surface area contributed by atoms with E-state index >= 15 is 0 Å². The molecule has 0 saturated heterocycles. The lowest BCUT2D eigenvalue weighted by Gasteiger charge is -2.10. The maximum absolute atomic E-state index is 9.31. The summed E-state index contributed by atoms with van der Waals surface area (Å²) in [4.78, 5) is 0. The molecule has 0 radical (unpaired) electrons. The summed E-state index contributed by atoms with van der Waals surface area (Å²) in [7, 11) is 0. The first-order valence-electron chi connectivity index (χ1n) is 3.52. The number of benzene rings is 1. The number of aliphatic hydroxyl groups excluding tert-OH is 1. The largest absolute Gasteiger partial charge is 0.506 e. The van der Waals surface area contributed by atoms with Gasteiger partial charge in [0.15, 0.2) is 0 Å². The fourth-order valence-electron chi connectivity index (χ4n) is 0.921. The minimum Gasteiger partial charge on any atom is -0.506 e. The van der Waals surface area contributed by atoms with Gasteiger partial charge in [0.2, 0.25) is 0 Å². The van der Waals surface area contributed by atoms with Crippen LogP contribution in [0.15, 0.2) is 18.2 Å². The fourth-order valence-corrected chi connectivity index (χ4v) is 1.17. The molecule has 0 saturated carbocycles. The Morgan fingerprint density at radius 1 is 1.50 bits per heavy atom. The second-order valence-electron chi connectivity index (χ2n) is 2.43. The first kappa shape index (κ1) is 9.32. The first-order valence-corrected chi connectivity index (χ1v) is 3.90. The van der Waals surface area contributed by atoms with Crippen LogP contribution in [0.2, 0.25) is 5.02 Å². The molecule has 3 nitrogen and oxygen atoms in total. The topological polar surface area (TPSA) is 66.5 Å². The second-order valence-corrected chi connectivity index (χ2v) is 2.81. The highest BCUT2D eigenvalue weighted by atomic mass is 35.5. The van der Waals surface area contributed by atoms with Crippen molar-refractivity contribution >= 4 is 11.6 Å². The molecule has 0 aliphatic heterocycles. The average Bonchev–Trinajstić information content (AvgIpc) is 2.08. The van der Waals surface area contributed by atoms with Crippen LogP contribution in [0, 0.1) is 0 Å². The van der Waals surface area contributed by atoms with Gasteiger partial charge in [0.1, 0.15) is 5.75 Å². The summed E-state index contributed by atoms with van der Waals surface area (Å²) >= 11 is 5.70. The van der Waals surface area contributed by atoms with Gasteiger partial charge in [-0.15, -0.1) is 0 Å². The lowest BCUT2D eigenvalue weighted by Crippen LogP contribution is -2.11. The van der Waals surface area contributed by atoms with Crippen molar-refractivity contribution in [3.63, 3.8) is 0 Å². The zero-order valence-electron chi connectivity index (χ0n) is 6.37. The zero-order valence-corrected chi connectivity index (χ0v) is 7.12. The molecule has 0 unspecified atom stereocenters. The summed E-state index contributed by atoms with van der Waals surface area (Å²) in [6, 6.07) is 4.68. The van der Waals surface area contributed by atoms with Gasteiger partial charge in [-0.2, -0.15) is 0 Å². The number of aromatic hydroxyl groups is 1. The van der Waals surface area contributed by atoms with E-state index in [1.165, 1.54) is 6.07 Å². The third-order valence-corrected chi connectivity index (χ3v) is 2.00. The van der Waals surface area contributed by atoms with Crippen molar-refractivity contribution in [3.8, 4) is 5.75 Å². The number of phenolic OH excluding ortho intramolecular Hbond substituents is 1. The quantitative estimate of drug-likeness (QED) is 0.648. The van der Waals surface area contributed by atoms with Crippen LogP contribution in [0.4, 0.5) is 0 Å². The van der Waals surface area contributed by atoms with Gasteiger partial charge < -0.3 is 15.9 Å². The molecule has 0 aliphatic rings. The SMILES string of the molecule is NC[C@H](O)c1cccc(O)c1Cl. The number of rotatable bonds is 2. The Hall–Kier alpha value is -0.770. The minimum atomic E-state index is -0.815. The van der Waals surface area contributed by atoms with Crippen molar-refractivity contribution in [2.24, 2.45) is 5.73 Å². The van der Waals surface area contributed by atoms with E-state index in [0.717, 1.165) is 0 Å². The lowest BCUT2D eigenvalue weighted by atomic mass is 10.1. The van der Waals surface area contributed by atoms with Crippen molar-refractivity contribution in [2.75, 3.05) is 6.54 Å². The number of halogens is 1. The third-order valence-electron chi connectivity index (χ3n) is 1.59. The molecule has 0 heterocycles. The molecular weight excluding hydrogens is 178 g/mol. The van der Waals surface area contributed by atoms with Crippen molar-refractivity contribution in [2.45, 2.75) is 6.10 Å². The summed E-state index contributed by atoms with van der Waals surface area (Å²) in [5.74, 6) is -0.0401. The number of phenols is 1. The van der Waals surface area contributed by atoms with Crippen LogP contribution in [-0.2, 0) is 0 Å². The number of hydrogen-bond acceptors (Lipinski definition) is 3. The maximum atomic E-state index is 9.31. The Balaban J connectivity index is 3.07. The summed E-state index contributed by atoms with van der Waals surface area (Å²) in [6.45, 7) is 0.0865. The maximum Gasteiger partial charge on any atom is 0.134 e. The number of nitrogens with two attached hydrogens (primary N) is 1. The predicted octanol–water partition coefficient (Wildman–Crippen LogP) is 1.04. The van der Waals surface area contributed by atoms with E-state index in [9.17, 15) is 5.11 Å². The smallest absolute Gasteiger partial charge is 0.134 e. The van der Waals surface area contributed by atoms with Crippen molar-refractivity contribution in [3.05, 3.63) is 28.8 Å². The van der Waals surface area contributed by atoms with Gasteiger partial charge in [0.05, 0.1) is 11.1 Å². The fraction of sp³-hybridized carbons (Fsp3) is 0.250. The standard InChI is InChI=1S/C8H10ClNO2/c9-8-5(7(12)4-10)2-1-3-6(8)11/h1-3,7,11-12H,4,10H2/t7-/m0/s1. The molecule has 0 aromatic heterocycles. The predicted molar refractivity (Wildman–Crippen MR) is 47.1 cm³/mol. The normalized spacial score (nSPS) is 12.9. The monoisotopic (exact) mass is 187 g/mol. The molecule has 1 atom stereocenters. The molecule has 0 bridgehead atoms. The van der Waals surface area contributed by atoms with E-state index < -0.39 is 6.10 Å². The van der Waals surface area contributed by atoms with E-state index in [-0.39, 0.29) is 17.3 Å². The van der Waals surface area contributed by atoms with Gasteiger partial charge in [0.25, 0.3) is 0 Å². The van der Waals surface area contributed by atoms with Gasteiger partial charge >= 0.3 is 0 Å². The summed E-state index contributed by atoms with van der Waals surface area (Å²) < 4.78 is 0. The summed E-state index contributed by atoms with van der Waals surface area (Å²) in [6.07, 6.45) is -0.815. The van der Waals surface area contributed by atoms with Crippen LogP contribution >= 0.6 is 11.6 Å². The van der Waals surface area contributed by atoms with Crippen LogP contribution in [0.25, 0.3) is 0 Å². The molecule has 0 amide bonds. The van der Waals surface area contributed by atoms with Crippen LogP contribution in [-0.4, -0.2) is 16.8 Å². The summed E-state index contributed by atoms with van der Waals surface area (Å²) in [5, 5.41) is 18.6. The van der Waals surface area contributed by atoms with E-state index in [1.54, 1.807) is 12.1 Å². The highest BCUT2D eigenvalue weighted by molar-refractivity contribution is 6.32. The Bertz CT molecular complexity index is 278. The van der Waals surface area contributed by atoms with Gasteiger partial charge in [0, 0.05) is 12.1 Å². The van der Waals surface area contributed by atoms with Crippen LogP contribution < -0.4 is 5.73 Å². The molecule has 12 heavy (non-hydrogen) atoms. The van der Waals surface area contributed by atoms with Crippen LogP contribution in [0.1, 0.15) is 11.7 Å². The van der Waals surface area contributed by atoms with Gasteiger partial charge in [-0.1, -0.05) is 23.7 Å². The molecular formula is C8H10ClNO2. The minimum absolute atomic E-state index is 0.0401. The Morgan fingerprint density at radius 3 is 2.75 bits per heavy atom. The first-order chi connectivity index (χ1) is 5.66. The highest BCUT2D eigenvalue weighted by Crippen LogP contribution is 2.30. The van der Waals surface area contributed by atoms with Gasteiger partial charge in [-0.05, 0) is 6.07 Å². The van der Waals surface area contributed by atoms with E-state index in [0.29, 0.717) is 5.56 Å². The Labute approximate surface area is 75.4 Å². The van der Waals surface area contributed by atoms with Crippen molar-refractivity contribution < 1.29 is 10.2 Å². The molecule has 0 fully saturated rings. The van der Waals surface area contributed by atoms with E-state index in [2.05, 4.69) is 0 Å². The molecule has 0 spiro atoms. The highest BCUT2D eigenvalue weighted by Gasteiger charge is 2.11. The lowest BCUT2D eigenvalue weighted by molar-refractivity contribution is 0.186. The van der Waals surface area contributed by atoms with Crippen molar-refractivity contribution in [1.29, 1.82) is 0 Å². The van der Waals surface area contributed by atoms with Gasteiger partial charge in [-0.25, -0.2) is 0 Å². The molecule has 4 N–H and O–H groups in total. The average molecular weight is 188 g/mol. The van der Waals surface area contributed by atoms with E-state index in [1.807, 2.05) is 0 Å². The van der Waals surface area contributed by atoms with Gasteiger partial charge in [-0.3, -0.25) is 0 Å². The Morgan fingerprint density at radius 2 is 2.17 bits per heavy atom. The Kier molecular flexibility index (Phi) is 2.92.